The van der Waals surface area contributed by atoms with Crippen molar-refractivity contribution in [3.8, 4) is 11.3 Å². The molecule has 0 aliphatic rings. The summed E-state index contributed by atoms with van der Waals surface area (Å²) < 4.78 is 5.68. The van der Waals surface area contributed by atoms with Crippen LogP contribution in [0.2, 0.25) is 0 Å². The Balaban J connectivity index is 0.00000192. The van der Waals surface area contributed by atoms with Gasteiger partial charge in [0.15, 0.2) is 0 Å². The highest BCUT2D eigenvalue weighted by Crippen LogP contribution is 2.26. The Morgan fingerprint density at radius 1 is 1.17 bits per heavy atom. The normalized spacial score (nSPS) is 11.3. The Morgan fingerprint density at radius 2 is 1.83 bits per heavy atom. The van der Waals surface area contributed by atoms with E-state index >= 15 is 0 Å². The molecule has 0 atom stereocenters. The number of rotatable bonds is 2. The number of halogens is 1. The minimum atomic E-state index is -0.282. The molecular formula is C17H20ClN3O2. The van der Waals surface area contributed by atoms with E-state index in [-0.39, 0.29) is 29.1 Å². The van der Waals surface area contributed by atoms with Crippen LogP contribution in [0.25, 0.3) is 22.4 Å². The number of hydrogen-bond acceptors (Lipinski definition) is 4. The molecule has 0 bridgehead atoms. The van der Waals surface area contributed by atoms with E-state index in [1.165, 1.54) is 5.56 Å². The molecule has 0 aliphatic heterocycles. The van der Waals surface area contributed by atoms with Gasteiger partial charge in [0.1, 0.15) is 11.3 Å². The topological polar surface area (TPSA) is 70.9 Å². The average molecular weight is 334 g/mol. The third kappa shape index (κ3) is 3.74. The maximum absolute atomic E-state index is 12.2. The molecule has 6 heteroatoms. The second kappa shape index (κ2) is 6.08. The SMILES string of the molecule is Cc1ccc(-c2cc3nc(NC(C)(C)C)[nH]c(=O)c3o2)cc1.Cl. The number of benzene rings is 1. The molecule has 0 fully saturated rings. The van der Waals surface area contributed by atoms with Crippen LogP contribution < -0.4 is 10.9 Å². The van der Waals surface area contributed by atoms with Gasteiger partial charge in [0, 0.05) is 17.2 Å². The minimum Gasteiger partial charge on any atom is -0.449 e. The van der Waals surface area contributed by atoms with Crippen LogP contribution in [0.1, 0.15) is 26.3 Å². The molecule has 2 aromatic heterocycles. The van der Waals surface area contributed by atoms with Gasteiger partial charge in [-0.1, -0.05) is 29.8 Å². The van der Waals surface area contributed by atoms with Crippen molar-refractivity contribution in [2.45, 2.75) is 33.2 Å². The molecule has 1 aromatic carbocycles. The number of aromatic nitrogens is 2. The van der Waals surface area contributed by atoms with E-state index in [1.807, 2.05) is 52.0 Å². The summed E-state index contributed by atoms with van der Waals surface area (Å²) in [5.41, 5.74) is 2.42. The Bertz CT molecular complexity index is 873. The highest BCUT2D eigenvalue weighted by Gasteiger charge is 2.15. The lowest BCUT2D eigenvalue weighted by atomic mass is 10.1. The fraction of sp³-hybridized carbons (Fsp3) is 0.294. The summed E-state index contributed by atoms with van der Waals surface area (Å²) in [6.07, 6.45) is 0. The van der Waals surface area contributed by atoms with Gasteiger partial charge >= 0.3 is 0 Å². The maximum Gasteiger partial charge on any atom is 0.295 e. The Labute approximate surface area is 140 Å². The van der Waals surface area contributed by atoms with Crippen molar-refractivity contribution in [3.05, 3.63) is 46.2 Å². The zero-order valence-corrected chi connectivity index (χ0v) is 14.4. The summed E-state index contributed by atoms with van der Waals surface area (Å²) in [6, 6.07) is 9.74. The minimum absolute atomic E-state index is 0. The number of nitrogens with zero attached hydrogens (tertiary/aromatic N) is 1. The number of fused-ring (bicyclic) bond motifs is 1. The zero-order chi connectivity index (χ0) is 15.9. The lowest BCUT2D eigenvalue weighted by Gasteiger charge is -2.20. The number of nitrogens with one attached hydrogen (secondary N) is 2. The molecule has 0 saturated heterocycles. The van der Waals surface area contributed by atoms with Crippen LogP contribution in [0.5, 0.6) is 0 Å². The molecule has 0 radical (unpaired) electrons. The van der Waals surface area contributed by atoms with Crippen molar-refractivity contribution in [1.82, 2.24) is 9.97 Å². The number of anilines is 1. The summed E-state index contributed by atoms with van der Waals surface area (Å²) in [5.74, 6) is 1.09. The van der Waals surface area contributed by atoms with Crippen molar-refractivity contribution >= 4 is 29.5 Å². The van der Waals surface area contributed by atoms with Gasteiger partial charge in [0.25, 0.3) is 5.56 Å². The molecule has 0 saturated carbocycles. The first-order valence-electron chi connectivity index (χ1n) is 7.21. The maximum atomic E-state index is 12.2. The first kappa shape index (κ1) is 17.1. The van der Waals surface area contributed by atoms with Gasteiger partial charge in [-0.25, -0.2) is 4.98 Å². The molecule has 0 amide bonds. The van der Waals surface area contributed by atoms with Crippen molar-refractivity contribution < 1.29 is 4.42 Å². The predicted molar refractivity (Wildman–Crippen MR) is 95.4 cm³/mol. The number of aromatic amines is 1. The molecule has 0 aliphatic carbocycles. The Kier molecular flexibility index (Phi) is 4.52. The number of H-pyrrole nitrogens is 1. The van der Waals surface area contributed by atoms with E-state index in [9.17, 15) is 4.79 Å². The summed E-state index contributed by atoms with van der Waals surface area (Å²) in [6.45, 7) is 8.04. The van der Waals surface area contributed by atoms with Gasteiger partial charge in [-0.15, -0.1) is 12.4 Å². The first-order chi connectivity index (χ1) is 10.3. The van der Waals surface area contributed by atoms with E-state index in [1.54, 1.807) is 6.07 Å². The van der Waals surface area contributed by atoms with Crippen LogP contribution in [0.4, 0.5) is 5.95 Å². The third-order valence-corrected chi connectivity index (χ3v) is 3.21. The summed E-state index contributed by atoms with van der Waals surface area (Å²) in [7, 11) is 0. The van der Waals surface area contributed by atoms with Gasteiger partial charge in [0.2, 0.25) is 11.5 Å². The third-order valence-electron chi connectivity index (χ3n) is 3.21. The summed E-state index contributed by atoms with van der Waals surface area (Å²) in [5, 5.41) is 3.16. The van der Waals surface area contributed by atoms with Crippen LogP contribution in [-0.4, -0.2) is 15.5 Å². The smallest absolute Gasteiger partial charge is 0.295 e. The van der Waals surface area contributed by atoms with Crippen molar-refractivity contribution in [1.29, 1.82) is 0 Å². The molecule has 3 aromatic rings. The van der Waals surface area contributed by atoms with E-state index in [2.05, 4.69) is 15.3 Å². The van der Waals surface area contributed by atoms with Gasteiger partial charge in [-0.05, 0) is 27.7 Å². The molecule has 122 valence electrons. The second-order valence-electron chi connectivity index (χ2n) is 6.48. The molecule has 0 unspecified atom stereocenters. The number of hydrogen-bond donors (Lipinski definition) is 2. The van der Waals surface area contributed by atoms with Crippen LogP contribution in [-0.2, 0) is 0 Å². The van der Waals surface area contributed by atoms with Gasteiger partial charge in [0.05, 0.1) is 0 Å². The van der Waals surface area contributed by atoms with Gasteiger partial charge < -0.3 is 9.73 Å². The van der Waals surface area contributed by atoms with Crippen molar-refractivity contribution in [2.24, 2.45) is 0 Å². The number of aryl methyl sites for hydroxylation is 1. The van der Waals surface area contributed by atoms with Crippen LogP contribution in [0.3, 0.4) is 0 Å². The second-order valence-corrected chi connectivity index (χ2v) is 6.48. The largest absolute Gasteiger partial charge is 0.449 e. The van der Waals surface area contributed by atoms with Gasteiger partial charge in [-0.2, -0.15) is 0 Å². The first-order valence-corrected chi connectivity index (χ1v) is 7.21. The molecule has 0 spiro atoms. The summed E-state index contributed by atoms with van der Waals surface area (Å²) in [4.78, 5) is 19.3. The molecule has 2 heterocycles. The van der Waals surface area contributed by atoms with Crippen molar-refractivity contribution in [3.63, 3.8) is 0 Å². The quantitative estimate of drug-likeness (QED) is 0.740. The number of furan rings is 1. The van der Waals surface area contributed by atoms with Crippen molar-refractivity contribution in [2.75, 3.05) is 5.32 Å². The Hall–Kier alpha value is -2.27. The van der Waals surface area contributed by atoms with Crippen LogP contribution in [0.15, 0.2) is 39.5 Å². The van der Waals surface area contributed by atoms with E-state index in [0.717, 1.165) is 5.56 Å². The van der Waals surface area contributed by atoms with Crippen LogP contribution in [0, 0.1) is 6.92 Å². The molecular weight excluding hydrogens is 314 g/mol. The highest BCUT2D eigenvalue weighted by atomic mass is 35.5. The average Bonchev–Trinajstić information content (AvgIpc) is 2.82. The molecule has 5 nitrogen and oxygen atoms in total. The standard InChI is InChI=1S/C17H19N3O2.ClH/c1-10-5-7-11(8-6-10)13-9-12-14(22-13)15(21)19-16(18-12)20-17(2,3)4;/h5-9H,1-4H3,(H2,18,19,20,21);1H. The summed E-state index contributed by atoms with van der Waals surface area (Å²) >= 11 is 0. The molecule has 3 rings (SSSR count). The van der Waals surface area contributed by atoms with Gasteiger partial charge in [-0.3, -0.25) is 9.78 Å². The lowest BCUT2D eigenvalue weighted by molar-refractivity contribution is 0.617. The predicted octanol–water partition coefficient (Wildman–Crippen LogP) is 4.12. The molecule has 23 heavy (non-hydrogen) atoms. The fourth-order valence-corrected chi connectivity index (χ4v) is 2.21. The zero-order valence-electron chi connectivity index (χ0n) is 13.6. The lowest BCUT2D eigenvalue weighted by Crippen LogP contribution is -2.28. The van der Waals surface area contributed by atoms with E-state index in [0.29, 0.717) is 17.2 Å². The monoisotopic (exact) mass is 333 g/mol. The molecule has 2 N–H and O–H groups in total. The fourth-order valence-electron chi connectivity index (χ4n) is 2.21. The van der Waals surface area contributed by atoms with E-state index in [4.69, 9.17) is 4.42 Å². The highest BCUT2D eigenvalue weighted by molar-refractivity contribution is 5.85. The Morgan fingerprint density at radius 3 is 2.43 bits per heavy atom. The van der Waals surface area contributed by atoms with E-state index < -0.39 is 0 Å². The van der Waals surface area contributed by atoms with Crippen LogP contribution >= 0.6 is 12.4 Å².